The molecule has 122 valence electrons. The molecule has 2 amide bonds. The predicted octanol–water partition coefficient (Wildman–Crippen LogP) is 1.83. The zero-order valence-corrected chi connectivity index (χ0v) is 13.6. The van der Waals surface area contributed by atoms with Crippen molar-refractivity contribution in [2.24, 2.45) is 5.92 Å². The average molecular weight is 316 g/mol. The van der Waals surface area contributed by atoms with Gasteiger partial charge in [0.2, 0.25) is 11.8 Å². The molecule has 0 aliphatic carbocycles. The number of amides is 2. The number of nitrogens with one attached hydrogen (secondary N) is 2. The van der Waals surface area contributed by atoms with Crippen LogP contribution in [0.5, 0.6) is 0 Å². The number of hydrogen-bond donors (Lipinski definition) is 2. The molecular weight excluding hydrogens is 296 g/mol. The van der Waals surface area contributed by atoms with Gasteiger partial charge in [-0.2, -0.15) is 0 Å². The molecule has 0 radical (unpaired) electrons. The lowest BCUT2D eigenvalue weighted by molar-refractivity contribution is -0.139. The summed E-state index contributed by atoms with van der Waals surface area (Å²) in [5.74, 6) is -2.17. The molecule has 0 saturated heterocycles. The highest BCUT2D eigenvalue weighted by molar-refractivity contribution is 6.06. The Balaban J connectivity index is 2.28. The van der Waals surface area contributed by atoms with Gasteiger partial charge in [0.05, 0.1) is 18.6 Å². The molecule has 1 aliphatic rings. The summed E-state index contributed by atoms with van der Waals surface area (Å²) in [4.78, 5) is 36.2. The molecule has 6 heteroatoms. The van der Waals surface area contributed by atoms with Gasteiger partial charge in [-0.1, -0.05) is 6.07 Å². The normalized spacial score (nSPS) is 17.6. The fourth-order valence-electron chi connectivity index (χ4n) is 2.55. The quantitative estimate of drug-likeness (QED) is 0.833. The van der Waals surface area contributed by atoms with Gasteiger partial charge in [0.25, 0.3) is 0 Å². The lowest BCUT2D eigenvalue weighted by atomic mass is 9.89. The van der Waals surface area contributed by atoms with Gasteiger partial charge in [0, 0.05) is 17.8 Å². The van der Waals surface area contributed by atoms with Gasteiger partial charge in [-0.05, 0) is 44.0 Å². The number of anilines is 1. The Bertz CT molecular complexity index is 707. The van der Waals surface area contributed by atoms with E-state index in [1.165, 1.54) is 7.11 Å². The summed E-state index contributed by atoms with van der Waals surface area (Å²) < 4.78 is 4.73. The highest BCUT2D eigenvalue weighted by Crippen LogP contribution is 2.26. The number of aryl methyl sites for hydroxylation is 2. The summed E-state index contributed by atoms with van der Waals surface area (Å²) in [6.07, 6.45) is -0.0849. The predicted molar refractivity (Wildman–Crippen MR) is 85.5 cm³/mol. The maximum absolute atomic E-state index is 12.6. The van der Waals surface area contributed by atoms with E-state index in [0.717, 1.165) is 11.1 Å². The van der Waals surface area contributed by atoms with Gasteiger partial charge in [-0.15, -0.1) is 0 Å². The van der Waals surface area contributed by atoms with Gasteiger partial charge < -0.3 is 15.4 Å². The van der Waals surface area contributed by atoms with Crippen molar-refractivity contribution >= 4 is 23.5 Å². The molecule has 1 atom stereocenters. The van der Waals surface area contributed by atoms with Crippen molar-refractivity contribution in [3.8, 4) is 0 Å². The maximum atomic E-state index is 12.6. The summed E-state index contributed by atoms with van der Waals surface area (Å²) in [5.41, 5.74) is 3.34. The van der Waals surface area contributed by atoms with E-state index in [9.17, 15) is 14.4 Å². The molecule has 2 rings (SSSR count). The van der Waals surface area contributed by atoms with Gasteiger partial charge in [0.15, 0.2) is 0 Å². The molecule has 6 nitrogen and oxygen atoms in total. The minimum Gasteiger partial charge on any atom is -0.466 e. The van der Waals surface area contributed by atoms with Crippen LogP contribution in [0.2, 0.25) is 0 Å². The van der Waals surface area contributed by atoms with Gasteiger partial charge in [0.1, 0.15) is 0 Å². The topological polar surface area (TPSA) is 84.5 Å². The Morgan fingerprint density at radius 1 is 1.22 bits per heavy atom. The molecule has 0 unspecified atom stereocenters. The van der Waals surface area contributed by atoms with Crippen molar-refractivity contribution in [3.63, 3.8) is 0 Å². The van der Waals surface area contributed by atoms with Crippen LogP contribution in [0.1, 0.15) is 24.5 Å². The molecular formula is C17H20N2O4. The van der Waals surface area contributed by atoms with Crippen LogP contribution in [0.4, 0.5) is 5.69 Å². The van der Waals surface area contributed by atoms with Crippen LogP contribution in [0, 0.1) is 19.8 Å². The van der Waals surface area contributed by atoms with Crippen molar-refractivity contribution < 1.29 is 19.1 Å². The minimum atomic E-state index is -0.863. The summed E-state index contributed by atoms with van der Waals surface area (Å²) in [6, 6.07) is 5.54. The number of ether oxygens (including phenoxy) is 1. The van der Waals surface area contributed by atoms with E-state index in [1.54, 1.807) is 13.0 Å². The Labute approximate surface area is 134 Å². The second kappa shape index (κ2) is 6.64. The standard InChI is InChI=1S/C17H20N2O4/c1-9-5-6-12(7-10(9)2)19-16(21)13-8-14(20)18-11(3)15(13)17(22)23-4/h5-7,13H,8H2,1-4H3,(H,18,20)(H,19,21)/t13-/m0/s1. The molecule has 23 heavy (non-hydrogen) atoms. The molecule has 0 aromatic heterocycles. The molecule has 0 saturated carbocycles. The van der Waals surface area contributed by atoms with Crippen LogP contribution in [0.25, 0.3) is 0 Å². The highest BCUT2D eigenvalue weighted by atomic mass is 16.5. The number of methoxy groups -OCH3 is 1. The lowest BCUT2D eigenvalue weighted by Crippen LogP contribution is -2.40. The number of allylic oxidation sites excluding steroid dienone is 1. The van der Waals surface area contributed by atoms with E-state index in [0.29, 0.717) is 11.4 Å². The highest BCUT2D eigenvalue weighted by Gasteiger charge is 2.36. The first-order valence-electron chi connectivity index (χ1n) is 7.30. The monoisotopic (exact) mass is 316 g/mol. The van der Waals surface area contributed by atoms with E-state index in [-0.39, 0.29) is 17.9 Å². The van der Waals surface area contributed by atoms with Gasteiger partial charge in [-0.3, -0.25) is 9.59 Å². The molecule has 1 aliphatic heterocycles. The number of esters is 1. The van der Waals surface area contributed by atoms with E-state index in [2.05, 4.69) is 10.6 Å². The van der Waals surface area contributed by atoms with E-state index in [1.807, 2.05) is 26.0 Å². The molecule has 1 aromatic rings. The third-order valence-corrected chi connectivity index (χ3v) is 3.97. The van der Waals surface area contributed by atoms with Crippen molar-refractivity contribution in [3.05, 3.63) is 40.6 Å². The summed E-state index contributed by atoms with van der Waals surface area (Å²) >= 11 is 0. The molecule has 1 heterocycles. The number of carbonyl (C=O) groups is 3. The summed E-state index contributed by atoms with van der Waals surface area (Å²) in [6.45, 7) is 5.51. The third kappa shape index (κ3) is 3.59. The van der Waals surface area contributed by atoms with Crippen LogP contribution in [0.15, 0.2) is 29.5 Å². The first kappa shape index (κ1) is 16.7. The van der Waals surface area contributed by atoms with Crippen LogP contribution >= 0.6 is 0 Å². The fourth-order valence-corrected chi connectivity index (χ4v) is 2.55. The zero-order chi connectivity index (χ0) is 17.1. The summed E-state index contributed by atoms with van der Waals surface area (Å²) in [5, 5.41) is 5.34. The summed E-state index contributed by atoms with van der Waals surface area (Å²) in [7, 11) is 1.25. The largest absolute Gasteiger partial charge is 0.466 e. The zero-order valence-electron chi connectivity index (χ0n) is 13.6. The fraction of sp³-hybridized carbons (Fsp3) is 0.353. The number of hydrogen-bond acceptors (Lipinski definition) is 4. The average Bonchev–Trinajstić information content (AvgIpc) is 2.49. The molecule has 2 N–H and O–H groups in total. The van der Waals surface area contributed by atoms with Crippen LogP contribution in [-0.2, 0) is 19.1 Å². The first-order valence-corrected chi connectivity index (χ1v) is 7.30. The van der Waals surface area contributed by atoms with Crippen molar-refractivity contribution in [1.82, 2.24) is 5.32 Å². The van der Waals surface area contributed by atoms with Crippen molar-refractivity contribution in [2.45, 2.75) is 27.2 Å². The maximum Gasteiger partial charge on any atom is 0.336 e. The van der Waals surface area contributed by atoms with Crippen LogP contribution < -0.4 is 10.6 Å². The van der Waals surface area contributed by atoms with E-state index in [4.69, 9.17) is 4.74 Å². The molecule has 0 fully saturated rings. The van der Waals surface area contributed by atoms with Crippen LogP contribution in [-0.4, -0.2) is 24.9 Å². The molecule has 1 aromatic carbocycles. The Hall–Kier alpha value is -2.63. The van der Waals surface area contributed by atoms with Crippen molar-refractivity contribution in [1.29, 1.82) is 0 Å². The number of carbonyl (C=O) groups excluding carboxylic acids is 3. The second-order valence-electron chi connectivity index (χ2n) is 5.62. The Morgan fingerprint density at radius 2 is 1.91 bits per heavy atom. The Kier molecular flexibility index (Phi) is 4.83. The minimum absolute atomic E-state index is 0.0849. The molecule has 0 bridgehead atoms. The second-order valence-corrected chi connectivity index (χ2v) is 5.62. The van der Waals surface area contributed by atoms with E-state index < -0.39 is 17.8 Å². The number of benzene rings is 1. The smallest absolute Gasteiger partial charge is 0.336 e. The molecule has 0 spiro atoms. The lowest BCUT2D eigenvalue weighted by Gasteiger charge is -2.25. The van der Waals surface area contributed by atoms with Crippen molar-refractivity contribution in [2.75, 3.05) is 12.4 Å². The van der Waals surface area contributed by atoms with E-state index >= 15 is 0 Å². The van der Waals surface area contributed by atoms with Crippen LogP contribution in [0.3, 0.4) is 0 Å². The Morgan fingerprint density at radius 3 is 2.52 bits per heavy atom. The third-order valence-electron chi connectivity index (χ3n) is 3.97. The van der Waals surface area contributed by atoms with Gasteiger partial charge >= 0.3 is 5.97 Å². The SMILES string of the molecule is COC(=O)C1=C(C)NC(=O)C[C@@H]1C(=O)Nc1ccc(C)c(C)c1. The van der Waals surface area contributed by atoms with Gasteiger partial charge in [-0.25, -0.2) is 4.79 Å². The first-order chi connectivity index (χ1) is 10.8. The number of rotatable bonds is 3.